The van der Waals surface area contributed by atoms with Crippen molar-refractivity contribution in [2.45, 2.75) is 19.3 Å². The van der Waals surface area contributed by atoms with E-state index in [2.05, 4.69) is 20.9 Å². The number of benzene rings is 1. The van der Waals surface area contributed by atoms with Gasteiger partial charge in [-0.2, -0.15) is 13.2 Å². The molecule has 1 aromatic heterocycles. The molecular formula is C14H11BrCl2F3N3O. The summed E-state index contributed by atoms with van der Waals surface area (Å²) >= 11 is 9.16. The van der Waals surface area contributed by atoms with Crippen molar-refractivity contribution in [2.75, 3.05) is 6.54 Å². The lowest BCUT2D eigenvalue weighted by Gasteiger charge is -2.28. The van der Waals surface area contributed by atoms with E-state index in [0.29, 0.717) is 18.9 Å². The Kier molecular flexibility index (Phi) is 5.51. The van der Waals surface area contributed by atoms with Gasteiger partial charge in [0.2, 0.25) is 0 Å². The molecule has 4 nitrogen and oxygen atoms in total. The highest BCUT2D eigenvalue weighted by Gasteiger charge is 2.35. The van der Waals surface area contributed by atoms with Gasteiger partial charge in [-0.25, -0.2) is 4.98 Å². The summed E-state index contributed by atoms with van der Waals surface area (Å²) in [6.45, 7) is 1.10. The number of hydrogen-bond donors (Lipinski definition) is 0. The molecule has 0 saturated carbocycles. The molecule has 0 N–H and O–H groups in total. The Morgan fingerprint density at radius 2 is 2.00 bits per heavy atom. The third-order valence-corrected chi connectivity index (χ3v) is 4.68. The minimum Gasteiger partial charge on any atom is -0.329 e. The number of aromatic nitrogens is 2. The average molecular weight is 445 g/mol. The molecule has 0 unspecified atom stereocenters. The molecule has 1 amide bonds. The summed E-state index contributed by atoms with van der Waals surface area (Å²) in [7, 11) is 0. The molecule has 2 aromatic rings. The SMILES string of the molecule is Cl.O=C(c1cccc(C(F)(F)F)c1Cl)N1CCn2c(Br)cnc2C1. The quantitative estimate of drug-likeness (QED) is 0.654. The van der Waals surface area contributed by atoms with Gasteiger partial charge in [0.1, 0.15) is 10.4 Å². The summed E-state index contributed by atoms with van der Waals surface area (Å²) in [5.74, 6) is 0.131. The summed E-state index contributed by atoms with van der Waals surface area (Å²) in [5, 5.41) is -0.569. The van der Waals surface area contributed by atoms with Gasteiger partial charge in [0.05, 0.1) is 28.9 Å². The van der Waals surface area contributed by atoms with E-state index < -0.39 is 22.7 Å². The molecule has 10 heteroatoms. The first-order valence-corrected chi connectivity index (χ1v) is 7.81. The van der Waals surface area contributed by atoms with E-state index >= 15 is 0 Å². The summed E-state index contributed by atoms with van der Waals surface area (Å²) in [6.07, 6.45) is -2.98. The van der Waals surface area contributed by atoms with Crippen LogP contribution >= 0.6 is 39.9 Å². The van der Waals surface area contributed by atoms with Crippen LogP contribution in [-0.4, -0.2) is 26.9 Å². The van der Waals surface area contributed by atoms with Crippen LogP contribution in [-0.2, 0) is 19.3 Å². The van der Waals surface area contributed by atoms with Crippen LogP contribution in [0.15, 0.2) is 29.0 Å². The van der Waals surface area contributed by atoms with Crippen LogP contribution in [0.5, 0.6) is 0 Å². The van der Waals surface area contributed by atoms with Gasteiger partial charge in [-0.15, -0.1) is 12.4 Å². The van der Waals surface area contributed by atoms with E-state index in [0.717, 1.165) is 10.7 Å². The lowest BCUT2D eigenvalue weighted by atomic mass is 10.1. The summed E-state index contributed by atoms with van der Waals surface area (Å²) in [6, 6.07) is 3.35. The predicted molar refractivity (Wildman–Crippen MR) is 88.4 cm³/mol. The van der Waals surface area contributed by atoms with Crippen molar-refractivity contribution in [3.05, 3.63) is 51.0 Å². The Bertz CT molecular complexity index is 779. The fraction of sp³-hybridized carbons (Fsp3) is 0.286. The molecule has 0 saturated heterocycles. The molecule has 1 aliphatic heterocycles. The Balaban J connectivity index is 0.00000208. The molecule has 24 heavy (non-hydrogen) atoms. The number of nitrogens with zero attached hydrogens (tertiary/aromatic N) is 3. The molecule has 130 valence electrons. The fourth-order valence-corrected chi connectivity index (χ4v) is 3.28. The van der Waals surface area contributed by atoms with Crippen LogP contribution in [0.3, 0.4) is 0 Å². The summed E-state index contributed by atoms with van der Waals surface area (Å²) in [5.41, 5.74) is -1.16. The number of amides is 1. The fourth-order valence-electron chi connectivity index (χ4n) is 2.48. The zero-order valence-corrected chi connectivity index (χ0v) is 15.1. The number of rotatable bonds is 1. The van der Waals surface area contributed by atoms with Gasteiger partial charge < -0.3 is 9.47 Å². The molecule has 2 heterocycles. The highest BCUT2D eigenvalue weighted by Crippen LogP contribution is 2.36. The predicted octanol–water partition coefficient (Wildman–Crippen LogP) is 4.40. The Morgan fingerprint density at radius 1 is 1.29 bits per heavy atom. The standard InChI is InChI=1S/C14H10BrClF3N3O.ClH/c15-10-6-20-11-7-21(4-5-22(10)11)13(23)8-2-1-3-9(12(8)16)14(17,18)19;/h1-3,6H,4-5,7H2;1H. The lowest BCUT2D eigenvalue weighted by Crippen LogP contribution is -2.38. The van der Waals surface area contributed by atoms with Crippen molar-refractivity contribution < 1.29 is 18.0 Å². The largest absolute Gasteiger partial charge is 0.417 e. The number of carbonyl (C=O) groups excluding carboxylic acids is 1. The van der Waals surface area contributed by atoms with Crippen molar-refractivity contribution in [3.8, 4) is 0 Å². The van der Waals surface area contributed by atoms with Crippen LogP contribution in [0.1, 0.15) is 21.7 Å². The number of fused-ring (bicyclic) bond motifs is 1. The van der Waals surface area contributed by atoms with Gasteiger partial charge in [-0.3, -0.25) is 4.79 Å². The molecule has 1 aliphatic rings. The van der Waals surface area contributed by atoms with Crippen LogP contribution in [0.2, 0.25) is 5.02 Å². The first-order chi connectivity index (χ1) is 10.8. The van der Waals surface area contributed by atoms with Gasteiger partial charge in [0.15, 0.2) is 0 Å². The normalized spacial score (nSPS) is 14.1. The zero-order chi connectivity index (χ0) is 16.8. The number of halogens is 6. The maximum absolute atomic E-state index is 12.9. The van der Waals surface area contributed by atoms with Crippen molar-refractivity contribution >= 4 is 45.8 Å². The Hall–Kier alpha value is -1.25. The average Bonchev–Trinajstić information content (AvgIpc) is 2.86. The minimum atomic E-state index is -4.60. The molecule has 0 atom stereocenters. The molecule has 1 aromatic carbocycles. The third-order valence-electron chi connectivity index (χ3n) is 3.64. The van der Waals surface area contributed by atoms with E-state index in [-0.39, 0.29) is 24.5 Å². The molecule has 0 aliphatic carbocycles. The summed E-state index contributed by atoms with van der Waals surface area (Å²) in [4.78, 5) is 18.2. The number of imidazole rings is 1. The van der Waals surface area contributed by atoms with Crippen LogP contribution in [0, 0.1) is 0 Å². The Morgan fingerprint density at radius 3 is 2.67 bits per heavy atom. The van der Waals surface area contributed by atoms with Crippen molar-refractivity contribution in [2.24, 2.45) is 0 Å². The monoisotopic (exact) mass is 443 g/mol. The van der Waals surface area contributed by atoms with Gasteiger partial charge in [-0.1, -0.05) is 17.7 Å². The van der Waals surface area contributed by atoms with E-state index in [4.69, 9.17) is 11.6 Å². The smallest absolute Gasteiger partial charge is 0.329 e. The highest BCUT2D eigenvalue weighted by atomic mass is 79.9. The van der Waals surface area contributed by atoms with Gasteiger partial charge >= 0.3 is 6.18 Å². The molecule has 0 spiro atoms. The van der Waals surface area contributed by atoms with Crippen molar-refractivity contribution in [3.63, 3.8) is 0 Å². The molecular weight excluding hydrogens is 434 g/mol. The van der Waals surface area contributed by atoms with E-state index in [9.17, 15) is 18.0 Å². The maximum Gasteiger partial charge on any atom is 0.417 e. The van der Waals surface area contributed by atoms with Gasteiger partial charge in [-0.05, 0) is 28.1 Å². The zero-order valence-electron chi connectivity index (χ0n) is 12.0. The number of hydrogen-bond acceptors (Lipinski definition) is 2. The number of alkyl halides is 3. The first-order valence-electron chi connectivity index (χ1n) is 6.64. The molecule has 0 fully saturated rings. The highest BCUT2D eigenvalue weighted by molar-refractivity contribution is 9.10. The number of carbonyl (C=O) groups is 1. The first kappa shape index (κ1) is 19.1. The second-order valence-electron chi connectivity index (χ2n) is 5.04. The molecule has 3 rings (SSSR count). The van der Waals surface area contributed by atoms with Crippen molar-refractivity contribution in [1.82, 2.24) is 14.5 Å². The van der Waals surface area contributed by atoms with E-state index in [1.54, 1.807) is 6.20 Å². The van der Waals surface area contributed by atoms with Crippen LogP contribution in [0.25, 0.3) is 0 Å². The van der Waals surface area contributed by atoms with Gasteiger partial charge in [0.25, 0.3) is 5.91 Å². The molecule has 0 bridgehead atoms. The van der Waals surface area contributed by atoms with Crippen LogP contribution in [0.4, 0.5) is 13.2 Å². The van der Waals surface area contributed by atoms with E-state index in [1.807, 2.05) is 4.57 Å². The Labute approximate surface area is 155 Å². The minimum absolute atomic E-state index is 0. The van der Waals surface area contributed by atoms with Crippen LogP contribution < -0.4 is 0 Å². The third kappa shape index (κ3) is 3.41. The topological polar surface area (TPSA) is 38.1 Å². The second kappa shape index (κ2) is 6.93. The summed E-state index contributed by atoms with van der Waals surface area (Å²) < 4.78 is 41.4. The lowest BCUT2D eigenvalue weighted by molar-refractivity contribution is -0.137. The molecule has 0 radical (unpaired) electrons. The maximum atomic E-state index is 12.9. The van der Waals surface area contributed by atoms with Gasteiger partial charge in [0, 0.05) is 13.1 Å². The van der Waals surface area contributed by atoms with Crippen molar-refractivity contribution in [1.29, 1.82) is 0 Å². The second-order valence-corrected chi connectivity index (χ2v) is 6.23. The van der Waals surface area contributed by atoms with E-state index in [1.165, 1.54) is 17.0 Å².